The maximum Gasteiger partial charge on any atom is 0.104 e. The van der Waals surface area contributed by atoms with Crippen LogP contribution in [0.3, 0.4) is 0 Å². The van der Waals surface area contributed by atoms with Crippen molar-refractivity contribution in [2.45, 2.75) is 25.4 Å². The van der Waals surface area contributed by atoms with Gasteiger partial charge in [0, 0.05) is 24.5 Å². The van der Waals surface area contributed by atoms with Crippen molar-refractivity contribution in [3.63, 3.8) is 0 Å². The van der Waals surface area contributed by atoms with E-state index in [0.29, 0.717) is 6.54 Å². The van der Waals surface area contributed by atoms with Crippen LogP contribution in [0, 0.1) is 6.92 Å². The summed E-state index contributed by atoms with van der Waals surface area (Å²) in [6.45, 7) is 3.63. The molecule has 1 aliphatic rings. The van der Waals surface area contributed by atoms with E-state index >= 15 is 0 Å². The Morgan fingerprint density at radius 2 is 2.36 bits per heavy atom. The molecule has 1 aliphatic heterocycles. The molecule has 1 atom stereocenters. The molecule has 14 heavy (non-hydrogen) atoms. The van der Waals surface area contributed by atoms with E-state index in [0.717, 1.165) is 30.5 Å². The summed E-state index contributed by atoms with van der Waals surface area (Å²) in [5.41, 5.74) is 1.32. The van der Waals surface area contributed by atoms with Crippen LogP contribution in [-0.4, -0.2) is 23.2 Å². The van der Waals surface area contributed by atoms with Gasteiger partial charge in [0.2, 0.25) is 0 Å². The minimum atomic E-state index is -0.711. The van der Waals surface area contributed by atoms with Gasteiger partial charge in [-0.15, -0.1) is 0 Å². The lowest BCUT2D eigenvalue weighted by Gasteiger charge is -2.32. The van der Waals surface area contributed by atoms with Gasteiger partial charge in [0.25, 0.3) is 0 Å². The van der Waals surface area contributed by atoms with Crippen LogP contribution in [0.4, 0.5) is 0 Å². The normalized spacial score (nSPS) is 27.6. The van der Waals surface area contributed by atoms with Crippen molar-refractivity contribution in [1.29, 1.82) is 0 Å². The molecule has 2 heterocycles. The number of β-amino-alcohol motifs (C(OH)–C–C–N with tert-alkyl or cyclic N) is 1. The number of nitrogens with zero attached hydrogens (tertiary/aromatic N) is 1. The molecule has 0 saturated carbocycles. The first-order chi connectivity index (χ1) is 6.71. The van der Waals surface area contributed by atoms with Gasteiger partial charge in [-0.25, -0.2) is 0 Å². The summed E-state index contributed by atoms with van der Waals surface area (Å²) in [4.78, 5) is 4.12. The zero-order valence-electron chi connectivity index (χ0n) is 8.45. The van der Waals surface area contributed by atoms with Crippen molar-refractivity contribution < 1.29 is 5.11 Å². The highest BCUT2D eigenvalue weighted by Crippen LogP contribution is 2.27. The van der Waals surface area contributed by atoms with Gasteiger partial charge in [0.15, 0.2) is 0 Å². The maximum atomic E-state index is 10.4. The number of nitrogens with one attached hydrogen (secondary N) is 1. The molecule has 0 spiro atoms. The second kappa shape index (κ2) is 3.67. The van der Waals surface area contributed by atoms with Gasteiger partial charge >= 0.3 is 0 Å². The maximum absolute atomic E-state index is 10.4. The molecule has 1 fully saturated rings. The second-order valence-electron chi connectivity index (χ2n) is 4.06. The van der Waals surface area contributed by atoms with Gasteiger partial charge in [-0.05, 0) is 31.9 Å². The van der Waals surface area contributed by atoms with Crippen LogP contribution >= 0.6 is 0 Å². The minimum absolute atomic E-state index is 0.637. The van der Waals surface area contributed by atoms with Crippen LogP contribution in [0.1, 0.15) is 24.0 Å². The first-order valence-electron chi connectivity index (χ1n) is 5.06. The highest BCUT2D eigenvalue weighted by atomic mass is 16.3. The number of piperidine rings is 1. The van der Waals surface area contributed by atoms with E-state index in [1.165, 1.54) is 0 Å². The van der Waals surface area contributed by atoms with Crippen LogP contribution in [-0.2, 0) is 5.60 Å². The van der Waals surface area contributed by atoms with E-state index in [9.17, 15) is 5.11 Å². The molecule has 3 nitrogen and oxygen atoms in total. The Morgan fingerprint density at radius 1 is 1.50 bits per heavy atom. The fourth-order valence-corrected chi connectivity index (χ4v) is 1.95. The van der Waals surface area contributed by atoms with Crippen molar-refractivity contribution in [2.75, 3.05) is 13.1 Å². The van der Waals surface area contributed by atoms with Gasteiger partial charge in [-0.1, -0.05) is 6.07 Å². The van der Waals surface area contributed by atoms with E-state index in [1.54, 1.807) is 6.20 Å². The molecule has 0 radical (unpaired) electrons. The average Bonchev–Trinajstić information content (AvgIpc) is 2.19. The molecule has 0 aliphatic carbocycles. The van der Waals surface area contributed by atoms with Crippen LogP contribution in [0.5, 0.6) is 0 Å². The molecule has 1 unspecified atom stereocenters. The fraction of sp³-hybridized carbons (Fsp3) is 0.545. The lowest BCUT2D eigenvalue weighted by Crippen LogP contribution is -2.43. The topological polar surface area (TPSA) is 45.2 Å². The van der Waals surface area contributed by atoms with E-state index in [1.807, 2.05) is 19.2 Å². The van der Waals surface area contributed by atoms with Gasteiger partial charge < -0.3 is 10.4 Å². The second-order valence-corrected chi connectivity index (χ2v) is 4.06. The van der Waals surface area contributed by atoms with E-state index in [2.05, 4.69) is 10.3 Å². The monoisotopic (exact) mass is 192 g/mol. The average molecular weight is 192 g/mol. The first-order valence-corrected chi connectivity index (χ1v) is 5.06. The van der Waals surface area contributed by atoms with Crippen LogP contribution in [0.2, 0.25) is 0 Å². The Morgan fingerprint density at radius 3 is 3.00 bits per heavy atom. The van der Waals surface area contributed by atoms with Crippen molar-refractivity contribution in [1.82, 2.24) is 10.3 Å². The minimum Gasteiger partial charge on any atom is -0.384 e. The molecule has 2 rings (SSSR count). The van der Waals surface area contributed by atoms with Gasteiger partial charge in [-0.3, -0.25) is 4.98 Å². The molecule has 1 aromatic rings. The predicted octanol–water partition coefficient (Wildman–Crippen LogP) is 0.961. The Bertz CT molecular complexity index is 319. The SMILES string of the molecule is Cc1cncc(C2(O)CCCNC2)c1. The van der Waals surface area contributed by atoms with Crippen molar-refractivity contribution in [2.24, 2.45) is 0 Å². The molecule has 0 aromatic carbocycles. The molecule has 76 valence electrons. The predicted molar refractivity (Wildman–Crippen MR) is 55.0 cm³/mol. The zero-order chi connectivity index (χ0) is 10.0. The van der Waals surface area contributed by atoms with Crippen LogP contribution < -0.4 is 5.32 Å². The standard InChI is InChI=1S/C11H16N2O/c1-9-5-10(7-13-6-9)11(14)3-2-4-12-8-11/h5-7,12,14H,2-4,8H2,1H3. The number of aliphatic hydroxyl groups is 1. The molecular formula is C11H16N2O. The summed E-state index contributed by atoms with van der Waals surface area (Å²) >= 11 is 0. The summed E-state index contributed by atoms with van der Waals surface area (Å²) in [6, 6.07) is 2.01. The lowest BCUT2D eigenvalue weighted by atomic mass is 9.87. The number of aryl methyl sites for hydroxylation is 1. The third-order valence-corrected chi connectivity index (χ3v) is 2.77. The largest absolute Gasteiger partial charge is 0.384 e. The van der Waals surface area contributed by atoms with E-state index in [4.69, 9.17) is 0 Å². The Kier molecular flexibility index (Phi) is 2.52. The number of pyridine rings is 1. The number of hydrogen-bond donors (Lipinski definition) is 2. The number of rotatable bonds is 1. The molecule has 1 aromatic heterocycles. The van der Waals surface area contributed by atoms with Gasteiger partial charge in [0.05, 0.1) is 0 Å². The number of aromatic nitrogens is 1. The van der Waals surface area contributed by atoms with E-state index < -0.39 is 5.60 Å². The van der Waals surface area contributed by atoms with E-state index in [-0.39, 0.29) is 0 Å². The third kappa shape index (κ3) is 1.79. The molecule has 3 heteroatoms. The van der Waals surface area contributed by atoms with Crippen LogP contribution in [0.25, 0.3) is 0 Å². The van der Waals surface area contributed by atoms with Gasteiger partial charge in [-0.2, -0.15) is 0 Å². The Labute approximate surface area is 84.2 Å². The summed E-state index contributed by atoms with van der Waals surface area (Å²) in [6.07, 6.45) is 5.42. The smallest absolute Gasteiger partial charge is 0.104 e. The van der Waals surface area contributed by atoms with Crippen molar-refractivity contribution in [3.8, 4) is 0 Å². The quantitative estimate of drug-likeness (QED) is 0.696. The molecular weight excluding hydrogens is 176 g/mol. The Hall–Kier alpha value is -0.930. The highest BCUT2D eigenvalue weighted by Gasteiger charge is 2.31. The van der Waals surface area contributed by atoms with Crippen LogP contribution in [0.15, 0.2) is 18.5 Å². The third-order valence-electron chi connectivity index (χ3n) is 2.77. The summed E-state index contributed by atoms with van der Waals surface area (Å²) in [7, 11) is 0. The Balaban J connectivity index is 2.28. The molecule has 0 bridgehead atoms. The fourth-order valence-electron chi connectivity index (χ4n) is 1.95. The molecule has 0 amide bonds. The first kappa shape index (κ1) is 9.62. The molecule has 1 saturated heterocycles. The van der Waals surface area contributed by atoms with Crippen molar-refractivity contribution >= 4 is 0 Å². The summed E-state index contributed by atoms with van der Waals surface area (Å²) < 4.78 is 0. The van der Waals surface area contributed by atoms with Gasteiger partial charge in [0.1, 0.15) is 5.60 Å². The molecule has 2 N–H and O–H groups in total. The lowest BCUT2D eigenvalue weighted by molar-refractivity contribution is 0.0119. The highest BCUT2D eigenvalue weighted by molar-refractivity contribution is 5.24. The summed E-state index contributed by atoms with van der Waals surface area (Å²) in [5, 5.41) is 13.6. The number of hydrogen-bond acceptors (Lipinski definition) is 3. The summed E-state index contributed by atoms with van der Waals surface area (Å²) in [5.74, 6) is 0. The van der Waals surface area contributed by atoms with Crippen molar-refractivity contribution in [3.05, 3.63) is 29.6 Å². The zero-order valence-corrected chi connectivity index (χ0v) is 8.45.